The van der Waals surface area contributed by atoms with Gasteiger partial charge in [0.25, 0.3) is 0 Å². The van der Waals surface area contributed by atoms with E-state index < -0.39 is 0 Å². The number of nitrogen functional groups attached to an aromatic ring is 1. The monoisotopic (exact) mass is 151 g/mol. The van der Waals surface area contributed by atoms with Crippen molar-refractivity contribution in [2.24, 2.45) is 0 Å². The minimum absolute atomic E-state index is 0. The molecule has 2 N–H and O–H groups in total. The SMILES string of the molecule is Nc1[c-]nccc1.[Ni]. The molecule has 0 radical (unpaired) electrons. The third-order valence-electron chi connectivity index (χ3n) is 0.630. The van der Waals surface area contributed by atoms with E-state index in [9.17, 15) is 0 Å². The van der Waals surface area contributed by atoms with Crippen molar-refractivity contribution in [2.75, 3.05) is 5.73 Å². The van der Waals surface area contributed by atoms with Crippen LogP contribution in [0.25, 0.3) is 0 Å². The number of pyridine rings is 1. The molecule has 0 fully saturated rings. The van der Waals surface area contributed by atoms with Gasteiger partial charge in [0.15, 0.2) is 0 Å². The predicted molar refractivity (Wildman–Crippen MR) is 27.5 cm³/mol. The summed E-state index contributed by atoms with van der Waals surface area (Å²) in [4.78, 5) is 3.63. The van der Waals surface area contributed by atoms with E-state index >= 15 is 0 Å². The molecule has 3 heteroatoms. The van der Waals surface area contributed by atoms with Crippen molar-refractivity contribution < 1.29 is 16.5 Å². The number of hydrogen-bond acceptors (Lipinski definition) is 2. The van der Waals surface area contributed by atoms with Gasteiger partial charge in [0.1, 0.15) is 0 Å². The van der Waals surface area contributed by atoms with Crippen LogP contribution in [0, 0.1) is 6.20 Å². The van der Waals surface area contributed by atoms with Crippen LogP contribution in [0.5, 0.6) is 0 Å². The molecule has 1 aromatic rings. The standard InChI is InChI=1S/C5H5N2.Ni/c6-5-2-1-3-7-4-5;/h1-3H,6H2;/q-1;. The van der Waals surface area contributed by atoms with E-state index in [1.54, 1.807) is 18.3 Å². The predicted octanol–water partition coefficient (Wildman–Crippen LogP) is 0.461. The summed E-state index contributed by atoms with van der Waals surface area (Å²) in [6.45, 7) is 0. The molecule has 0 amide bonds. The van der Waals surface area contributed by atoms with Crippen LogP contribution in [0.1, 0.15) is 0 Å². The van der Waals surface area contributed by atoms with Gasteiger partial charge >= 0.3 is 0 Å². The molecule has 2 nitrogen and oxygen atoms in total. The van der Waals surface area contributed by atoms with Crippen LogP contribution in [-0.4, -0.2) is 4.98 Å². The molecule has 1 aromatic heterocycles. The first-order chi connectivity index (χ1) is 3.39. The van der Waals surface area contributed by atoms with Crippen molar-refractivity contribution >= 4 is 5.69 Å². The van der Waals surface area contributed by atoms with Crippen molar-refractivity contribution in [2.45, 2.75) is 0 Å². The zero-order valence-electron chi connectivity index (χ0n) is 4.07. The molecule has 8 heavy (non-hydrogen) atoms. The van der Waals surface area contributed by atoms with E-state index in [-0.39, 0.29) is 16.5 Å². The third kappa shape index (κ3) is 1.94. The molecule has 46 valence electrons. The Balaban J connectivity index is 0.000000490. The first-order valence-electron chi connectivity index (χ1n) is 1.98. The van der Waals surface area contributed by atoms with E-state index in [1.807, 2.05) is 0 Å². The second kappa shape index (κ2) is 3.45. The minimum atomic E-state index is 0. The quantitative estimate of drug-likeness (QED) is 0.433. The topological polar surface area (TPSA) is 38.9 Å². The van der Waals surface area contributed by atoms with Crippen LogP contribution in [0.3, 0.4) is 0 Å². The van der Waals surface area contributed by atoms with Gasteiger partial charge in [-0.15, -0.1) is 6.07 Å². The van der Waals surface area contributed by atoms with Gasteiger partial charge in [-0.25, -0.2) is 0 Å². The summed E-state index contributed by atoms with van der Waals surface area (Å²) in [5.41, 5.74) is 5.83. The van der Waals surface area contributed by atoms with Gasteiger partial charge in [0.2, 0.25) is 0 Å². The van der Waals surface area contributed by atoms with Crippen LogP contribution < -0.4 is 5.73 Å². The summed E-state index contributed by atoms with van der Waals surface area (Å²) in [5.74, 6) is 0. The average molecular weight is 152 g/mol. The van der Waals surface area contributed by atoms with Crippen molar-refractivity contribution in [1.29, 1.82) is 0 Å². The molecule has 0 aliphatic rings. The second-order valence-corrected chi connectivity index (χ2v) is 1.20. The van der Waals surface area contributed by atoms with E-state index in [0.717, 1.165) is 0 Å². The Hall–Kier alpha value is -0.556. The number of nitrogens with two attached hydrogens (primary N) is 1. The zero-order chi connectivity index (χ0) is 5.11. The van der Waals surface area contributed by atoms with Crippen molar-refractivity contribution in [1.82, 2.24) is 4.98 Å². The summed E-state index contributed by atoms with van der Waals surface area (Å²) in [7, 11) is 0. The smallest absolute Gasteiger partial charge is 0 e. The fourth-order valence-corrected chi connectivity index (χ4v) is 0.339. The minimum Gasteiger partial charge on any atom is -0.418 e. The Morgan fingerprint density at radius 1 is 1.62 bits per heavy atom. The van der Waals surface area contributed by atoms with E-state index in [2.05, 4.69) is 11.2 Å². The van der Waals surface area contributed by atoms with Crippen LogP contribution in [0.15, 0.2) is 18.3 Å². The largest absolute Gasteiger partial charge is 0.418 e. The molecule has 0 saturated carbocycles. The Bertz CT molecular complexity index is 140. The zero-order valence-corrected chi connectivity index (χ0v) is 5.06. The summed E-state index contributed by atoms with van der Waals surface area (Å²) >= 11 is 0. The molecule has 0 aromatic carbocycles. The molecule has 0 unspecified atom stereocenters. The van der Waals surface area contributed by atoms with E-state index in [1.165, 1.54) is 0 Å². The first-order valence-corrected chi connectivity index (χ1v) is 1.98. The summed E-state index contributed by atoms with van der Waals surface area (Å²) in [6.07, 6.45) is 4.19. The fourth-order valence-electron chi connectivity index (χ4n) is 0.339. The van der Waals surface area contributed by atoms with Gasteiger partial charge < -0.3 is 10.7 Å². The van der Waals surface area contributed by atoms with Crippen LogP contribution >= 0.6 is 0 Å². The van der Waals surface area contributed by atoms with Gasteiger partial charge in [-0.1, -0.05) is 18.1 Å². The molecular weight excluding hydrogens is 147 g/mol. The molecular formula is C5H5N2Ni-. The van der Waals surface area contributed by atoms with Crippen molar-refractivity contribution in [3.63, 3.8) is 0 Å². The number of hydrogen-bond donors (Lipinski definition) is 1. The molecule has 1 rings (SSSR count). The van der Waals surface area contributed by atoms with Gasteiger partial charge in [-0.3, -0.25) is 0 Å². The summed E-state index contributed by atoms with van der Waals surface area (Å²) in [6, 6.07) is 3.51. The Morgan fingerprint density at radius 2 is 2.38 bits per heavy atom. The Kier molecular flexibility index (Phi) is 3.21. The maximum absolute atomic E-state index is 5.24. The molecule has 0 spiro atoms. The number of aromatic nitrogens is 1. The third-order valence-corrected chi connectivity index (χ3v) is 0.630. The fraction of sp³-hybridized carbons (Fsp3) is 0. The van der Waals surface area contributed by atoms with E-state index in [4.69, 9.17) is 5.73 Å². The Labute approximate surface area is 58.0 Å². The Morgan fingerprint density at radius 3 is 2.62 bits per heavy atom. The molecule has 0 bridgehead atoms. The van der Waals surface area contributed by atoms with Gasteiger partial charge in [-0.2, -0.15) is 6.07 Å². The molecule has 0 aliphatic heterocycles. The van der Waals surface area contributed by atoms with Gasteiger partial charge in [0, 0.05) is 16.5 Å². The number of anilines is 1. The van der Waals surface area contributed by atoms with Crippen LogP contribution in [0.2, 0.25) is 0 Å². The second-order valence-electron chi connectivity index (χ2n) is 1.20. The maximum atomic E-state index is 5.24. The first kappa shape index (κ1) is 7.44. The average Bonchev–Trinajstić information content (AvgIpc) is 1.69. The summed E-state index contributed by atoms with van der Waals surface area (Å²) < 4.78 is 0. The molecule has 0 aliphatic carbocycles. The molecule has 0 atom stereocenters. The molecule has 1 heterocycles. The van der Waals surface area contributed by atoms with Crippen molar-refractivity contribution in [3.05, 3.63) is 24.5 Å². The summed E-state index contributed by atoms with van der Waals surface area (Å²) in [5, 5.41) is 0. The van der Waals surface area contributed by atoms with Gasteiger partial charge in [-0.05, 0) is 0 Å². The number of nitrogens with zero attached hydrogens (tertiary/aromatic N) is 1. The maximum Gasteiger partial charge on any atom is 0 e. The van der Waals surface area contributed by atoms with E-state index in [0.29, 0.717) is 5.69 Å². The number of rotatable bonds is 0. The van der Waals surface area contributed by atoms with Crippen LogP contribution in [0.4, 0.5) is 5.69 Å². The van der Waals surface area contributed by atoms with Crippen LogP contribution in [-0.2, 0) is 16.5 Å². The van der Waals surface area contributed by atoms with Crippen molar-refractivity contribution in [3.8, 4) is 0 Å². The molecule has 0 saturated heterocycles. The van der Waals surface area contributed by atoms with Gasteiger partial charge in [0.05, 0.1) is 0 Å². The normalized spacial score (nSPS) is 7.50.